The number of fused-ring (bicyclic) bond motifs is 8. The Bertz CT molecular complexity index is 5830. The molecule has 0 saturated carbocycles. The van der Waals surface area contributed by atoms with Crippen molar-refractivity contribution in [3.63, 3.8) is 0 Å². The van der Waals surface area contributed by atoms with Gasteiger partial charge in [-0.2, -0.15) is 0 Å². The van der Waals surface area contributed by atoms with E-state index in [9.17, 15) is 0 Å². The van der Waals surface area contributed by atoms with Crippen molar-refractivity contribution < 1.29 is 0 Å². The highest BCUT2D eigenvalue weighted by Crippen LogP contribution is 2.39. The van der Waals surface area contributed by atoms with E-state index in [-0.39, 0.29) is 0 Å². The van der Waals surface area contributed by atoms with E-state index in [1.165, 1.54) is 175 Å². The molecule has 16 aromatic rings. The molecule has 0 saturated heterocycles. The van der Waals surface area contributed by atoms with E-state index in [1.54, 1.807) is 0 Å². The van der Waals surface area contributed by atoms with E-state index in [4.69, 9.17) is 0 Å². The molecule has 0 aliphatic rings. The standard InChI is InChI=1S/2C20H22.4C16H20.2C12H18/c1-13(2)15-5-7-17-12-20-10-16(14(3)4)6-8-18(20)11-19(17)9-15;1-13(2)17-9-10-18(14(3)4)20-12-16-8-6-5-7-15(16)11-19(17)20;1-11(2)13-5-7-16-10-14(12(3)4)6-8-15(16)9-13;2*1-11(2)14-9-13-7-5-6-8-15(13)16(10-14)12(3)4;1-11(2)13-9-10-14(12(3)4)16-8-6-5-7-15(13)16;1-9(2)11-5-7-12(8-6-11)10(3)4;1-9(2)11-6-5-7-12(8-11)10(3)4/h2*5-14H,1-4H3;4*5-12H,1-4H3;2*5-10H,1-4H3. The average molecular weight is 1700 g/mol. The molecule has 0 aliphatic carbocycles. The lowest BCUT2D eigenvalue weighted by Crippen LogP contribution is -1.95. The van der Waals surface area contributed by atoms with Crippen molar-refractivity contribution in [3.8, 4) is 0 Å². The Balaban J connectivity index is 0.000000166. The predicted molar refractivity (Wildman–Crippen MR) is 577 cm³/mol. The molecule has 0 N–H and O–H groups in total. The fraction of sp³-hybridized carbons (Fsp3) is 0.375. The maximum absolute atomic E-state index is 2.37. The molecular weight excluding hydrogens is 1540 g/mol. The summed E-state index contributed by atoms with van der Waals surface area (Å²) >= 11 is 0. The Morgan fingerprint density at radius 2 is 0.305 bits per heavy atom. The van der Waals surface area contributed by atoms with E-state index < -0.39 is 0 Å². The van der Waals surface area contributed by atoms with Crippen LogP contribution in [0.1, 0.15) is 405 Å². The normalized spacial score (nSPS) is 11.6. The van der Waals surface area contributed by atoms with Crippen LogP contribution in [0.25, 0.3) is 86.2 Å². The van der Waals surface area contributed by atoms with Crippen molar-refractivity contribution in [3.05, 3.63) is 380 Å². The first-order chi connectivity index (χ1) is 60.7. The van der Waals surface area contributed by atoms with E-state index in [0.717, 1.165) is 0 Å². The quantitative estimate of drug-likeness (QED) is 0.0846. The number of rotatable bonds is 16. The number of hydrogen-bond acceptors (Lipinski definition) is 0. The fourth-order valence-electron chi connectivity index (χ4n) is 17.1. The van der Waals surface area contributed by atoms with Gasteiger partial charge >= 0.3 is 0 Å². The molecule has 0 spiro atoms. The highest BCUT2D eigenvalue weighted by atomic mass is 14.2. The molecule has 0 heteroatoms. The van der Waals surface area contributed by atoms with E-state index in [2.05, 4.69) is 513 Å². The minimum absolute atomic E-state index is 0.555. The van der Waals surface area contributed by atoms with Gasteiger partial charge in [0.05, 0.1) is 0 Å². The number of benzene rings is 16. The van der Waals surface area contributed by atoms with Crippen LogP contribution in [-0.4, -0.2) is 0 Å². The molecule has 0 atom stereocenters. The van der Waals surface area contributed by atoms with Crippen molar-refractivity contribution in [2.24, 2.45) is 0 Å². The van der Waals surface area contributed by atoms with Crippen LogP contribution in [0.2, 0.25) is 0 Å². The Labute approximate surface area is 777 Å². The van der Waals surface area contributed by atoms with Gasteiger partial charge in [0.1, 0.15) is 0 Å². The second-order valence-electron chi connectivity index (χ2n) is 41.2. The van der Waals surface area contributed by atoms with Gasteiger partial charge in [-0.1, -0.05) is 488 Å². The third-order valence-corrected chi connectivity index (χ3v) is 25.8. The first-order valence-electron chi connectivity index (χ1n) is 48.9. The molecule has 0 bridgehead atoms. The fourth-order valence-corrected chi connectivity index (χ4v) is 17.1. The molecular formula is C128H160. The maximum atomic E-state index is 2.37. The van der Waals surface area contributed by atoms with Crippen LogP contribution in [-0.2, 0) is 0 Å². The Morgan fingerprint density at radius 3 is 0.570 bits per heavy atom. The van der Waals surface area contributed by atoms with Crippen molar-refractivity contribution in [2.75, 3.05) is 0 Å². The molecule has 16 rings (SSSR count). The van der Waals surface area contributed by atoms with E-state index in [0.29, 0.717) is 94.7 Å². The molecule has 0 fully saturated rings. The summed E-state index contributed by atoms with van der Waals surface area (Å²) in [5, 5.41) is 22.0. The van der Waals surface area contributed by atoms with Crippen LogP contribution >= 0.6 is 0 Å². The molecule has 0 amide bonds. The molecule has 0 aromatic heterocycles. The summed E-state index contributed by atoms with van der Waals surface area (Å²) in [6.45, 7) is 72.1. The molecule has 0 radical (unpaired) electrons. The van der Waals surface area contributed by atoms with Crippen LogP contribution in [0.15, 0.2) is 291 Å². The first-order valence-corrected chi connectivity index (χ1v) is 48.9. The SMILES string of the molecule is CC(C)c1cc(C(C)C)c2ccccc2c1.CC(C)c1cc(C(C)C)c2ccccc2c1.CC(C)c1ccc(C(C)C)c2cc3ccccc3cc12.CC(C)c1ccc(C(C)C)c2ccccc12.CC(C)c1ccc(C(C)C)cc1.CC(C)c1ccc2cc(C(C)C)ccc2c1.CC(C)c1ccc2cc3cc(C(C)C)ccc3cc2c1.CC(C)c1cccc(C(C)C)c1. The van der Waals surface area contributed by atoms with Gasteiger partial charge in [0.25, 0.3) is 0 Å². The lowest BCUT2D eigenvalue weighted by Gasteiger charge is -2.17. The lowest BCUT2D eigenvalue weighted by atomic mass is 9.88. The molecule has 672 valence electrons. The van der Waals surface area contributed by atoms with Crippen molar-refractivity contribution in [1.82, 2.24) is 0 Å². The maximum Gasteiger partial charge on any atom is -0.0140 e. The van der Waals surface area contributed by atoms with Gasteiger partial charge in [0.2, 0.25) is 0 Å². The zero-order valence-electron chi connectivity index (χ0n) is 85.0. The Morgan fingerprint density at radius 1 is 0.102 bits per heavy atom. The summed E-state index contributed by atoms with van der Waals surface area (Å²) in [6.07, 6.45) is 0. The second kappa shape index (κ2) is 47.2. The third-order valence-electron chi connectivity index (χ3n) is 25.8. The first kappa shape index (κ1) is 101. The van der Waals surface area contributed by atoms with Crippen LogP contribution in [0.3, 0.4) is 0 Å². The molecule has 0 unspecified atom stereocenters. The summed E-state index contributed by atoms with van der Waals surface area (Å²) in [4.78, 5) is 0. The highest BCUT2D eigenvalue weighted by Gasteiger charge is 2.17. The number of hydrogen-bond donors (Lipinski definition) is 0. The summed E-state index contributed by atoms with van der Waals surface area (Å²) in [6, 6.07) is 108. The lowest BCUT2D eigenvalue weighted by molar-refractivity contribution is 0.834. The van der Waals surface area contributed by atoms with E-state index >= 15 is 0 Å². The van der Waals surface area contributed by atoms with Crippen LogP contribution in [0.5, 0.6) is 0 Å². The minimum atomic E-state index is 0.555. The van der Waals surface area contributed by atoms with Crippen LogP contribution < -0.4 is 0 Å². The molecule has 0 heterocycles. The summed E-state index contributed by atoms with van der Waals surface area (Å²) < 4.78 is 0. The molecule has 0 aliphatic heterocycles. The molecule has 16 aromatic carbocycles. The van der Waals surface area contributed by atoms with Gasteiger partial charge in [-0.05, 0) is 294 Å². The van der Waals surface area contributed by atoms with Gasteiger partial charge < -0.3 is 0 Å². The Kier molecular flexibility index (Phi) is 37.4. The molecule has 128 heavy (non-hydrogen) atoms. The second-order valence-corrected chi connectivity index (χ2v) is 41.2. The van der Waals surface area contributed by atoms with Crippen molar-refractivity contribution in [1.29, 1.82) is 0 Å². The summed E-state index contributed by atoms with van der Waals surface area (Å²) in [7, 11) is 0. The topological polar surface area (TPSA) is 0 Å². The summed E-state index contributed by atoms with van der Waals surface area (Å²) in [5.74, 6) is 9.61. The van der Waals surface area contributed by atoms with Gasteiger partial charge in [-0.3, -0.25) is 0 Å². The highest BCUT2D eigenvalue weighted by molar-refractivity contribution is 6.02. The van der Waals surface area contributed by atoms with Crippen molar-refractivity contribution >= 4 is 86.2 Å². The minimum Gasteiger partial charge on any atom is -0.0617 e. The van der Waals surface area contributed by atoms with Crippen molar-refractivity contribution in [2.45, 2.75) is 316 Å². The third kappa shape index (κ3) is 27.4. The summed E-state index contributed by atoms with van der Waals surface area (Å²) in [5.41, 5.74) is 23.1. The van der Waals surface area contributed by atoms with Crippen LogP contribution in [0, 0.1) is 0 Å². The van der Waals surface area contributed by atoms with Gasteiger partial charge in [-0.15, -0.1) is 0 Å². The smallest absolute Gasteiger partial charge is 0.0140 e. The van der Waals surface area contributed by atoms with Crippen LogP contribution in [0.4, 0.5) is 0 Å². The zero-order valence-corrected chi connectivity index (χ0v) is 85.0. The zero-order chi connectivity index (χ0) is 93.7. The monoisotopic (exact) mass is 1700 g/mol. The largest absolute Gasteiger partial charge is 0.0617 e. The van der Waals surface area contributed by atoms with Gasteiger partial charge in [-0.25, -0.2) is 0 Å². The molecule has 0 nitrogen and oxygen atoms in total. The van der Waals surface area contributed by atoms with E-state index in [1.807, 2.05) is 0 Å². The van der Waals surface area contributed by atoms with Gasteiger partial charge in [0.15, 0.2) is 0 Å². The van der Waals surface area contributed by atoms with Gasteiger partial charge in [0, 0.05) is 0 Å². The average Bonchev–Trinajstić information content (AvgIpc) is 0.774. The predicted octanol–water partition coefficient (Wildman–Crippen LogP) is 40.7. The Hall–Kier alpha value is -10.4.